The van der Waals surface area contributed by atoms with E-state index in [-0.39, 0.29) is 30.7 Å². The molecule has 1 saturated carbocycles. The predicted octanol–water partition coefficient (Wildman–Crippen LogP) is 5.24. The monoisotopic (exact) mass is 588 g/mol. The molecule has 2 heterocycles. The molecule has 0 saturated heterocycles. The second-order valence-corrected chi connectivity index (χ2v) is 12.6. The Bertz CT molecular complexity index is 1500. The van der Waals surface area contributed by atoms with Gasteiger partial charge in [0.2, 0.25) is 11.6 Å². The Balaban J connectivity index is 1.44. The number of ketones is 1. The summed E-state index contributed by atoms with van der Waals surface area (Å²) in [4.78, 5) is 42.1. The molecule has 0 spiro atoms. The van der Waals surface area contributed by atoms with Gasteiger partial charge in [0.05, 0.1) is 17.9 Å². The molecule has 1 aromatic heterocycles. The van der Waals surface area contributed by atoms with Crippen LogP contribution < -0.4 is 20.2 Å². The number of para-hydroxylation sites is 1. The van der Waals surface area contributed by atoms with Gasteiger partial charge in [0.1, 0.15) is 6.54 Å². The molecule has 1 aliphatic carbocycles. The largest absolute Gasteiger partial charge is 0.360 e. The number of hydrogen-bond acceptors (Lipinski definition) is 7. The minimum atomic E-state index is -0.634. The van der Waals surface area contributed by atoms with Crippen LogP contribution in [0.2, 0.25) is 0 Å². The third-order valence-corrected chi connectivity index (χ3v) is 8.46. The van der Waals surface area contributed by atoms with Crippen LogP contribution in [-0.4, -0.2) is 53.7 Å². The molecule has 1 aliphatic heterocycles. The predicted molar refractivity (Wildman–Crippen MR) is 165 cm³/mol. The van der Waals surface area contributed by atoms with Crippen molar-refractivity contribution >= 4 is 51.3 Å². The molecule has 2 aliphatic rings. The van der Waals surface area contributed by atoms with Crippen molar-refractivity contribution in [2.24, 2.45) is 16.4 Å². The molecule has 3 aromatic rings. The summed E-state index contributed by atoms with van der Waals surface area (Å²) in [5.41, 5.74) is 4.90. The van der Waals surface area contributed by atoms with Gasteiger partial charge >= 0.3 is 6.03 Å². The number of aromatic nitrogens is 2. The van der Waals surface area contributed by atoms with Crippen LogP contribution in [0.4, 0.5) is 21.3 Å². The Labute approximate surface area is 250 Å². The Kier molecular flexibility index (Phi) is 8.67. The first-order chi connectivity index (χ1) is 20.1. The van der Waals surface area contributed by atoms with Crippen molar-refractivity contribution in [2.45, 2.75) is 52.9 Å². The van der Waals surface area contributed by atoms with Crippen molar-refractivity contribution in [2.75, 3.05) is 35.7 Å². The van der Waals surface area contributed by atoms with E-state index in [0.717, 1.165) is 47.8 Å². The molecule has 11 heteroatoms. The number of Topliss-reactive ketones (excluding diaryl/α,β-unsaturated/α-hetero) is 1. The SMILES string of the molecule is CNc1n[n+](-c2cccc(NC(=O)CN3N=C(C4CCCCC4)c4ccccc4N(CC(=O)C(C)(C)C)C3=O)c2)cs1. The minimum Gasteiger partial charge on any atom is -0.360 e. The third kappa shape index (κ3) is 6.51. The lowest BCUT2D eigenvalue weighted by atomic mass is 9.83. The number of hydrogen-bond donors (Lipinski definition) is 2. The van der Waals surface area contributed by atoms with Gasteiger partial charge in [0, 0.05) is 46.9 Å². The first-order valence-electron chi connectivity index (χ1n) is 14.4. The quantitative estimate of drug-likeness (QED) is 0.350. The summed E-state index contributed by atoms with van der Waals surface area (Å²) in [6, 6.07) is 14.5. The maximum absolute atomic E-state index is 14.1. The zero-order valence-corrected chi connectivity index (χ0v) is 25.4. The zero-order valence-electron chi connectivity index (χ0n) is 24.6. The van der Waals surface area contributed by atoms with Gasteiger partial charge in [0.15, 0.2) is 5.78 Å². The molecular formula is C31H38N7O3S+. The van der Waals surface area contributed by atoms with E-state index in [9.17, 15) is 14.4 Å². The van der Waals surface area contributed by atoms with Gasteiger partial charge in [-0.2, -0.15) is 5.10 Å². The standard InChI is InChI=1S/C31H37N7O3S/c1-31(2,3)26(39)18-36-25-16-9-8-15-24(25)28(21-11-6-5-7-12-21)34-37(30(36)41)19-27(40)33-22-13-10-14-23(17-22)38-20-42-29(32-4)35-38/h8-10,13-17,20-21H,5-7,11-12,18-19H2,1-4H3,(H-,32,33,35,40)/p+1. The number of anilines is 3. The molecular weight excluding hydrogens is 550 g/mol. The third-order valence-electron chi connectivity index (χ3n) is 7.65. The fraction of sp³-hybridized carbons (Fsp3) is 0.419. The maximum Gasteiger partial charge on any atom is 0.345 e. The molecule has 0 bridgehead atoms. The highest BCUT2D eigenvalue weighted by atomic mass is 32.1. The number of carbonyl (C=O) groups excluding carboxylic acids is 3. The summed E-state index contributed by atoms with van der Waals surface area (Å²) < 4.78 is 1.73. The van der Waals surface area contributed by atoms with Crippen LogP contribution >= 0.6 is 11.3 Å². The summed E-state index contributed by atoms with van der Waals surface area (Å²) in [6.07, 6.45) is 5.31. The molecule has 1 fully saturated rings. The van der Waals surface area contributed by atoms with Gasteiger partial charge in [-0.25, -0.2) is 9.80 Å². The number of fused-ring (bicyclic) bond motifs is 1. The lowest BCUT2D eigenvalue weighted by Crippen LogP contribution is -2.47. The number of hydrazone groups is 1. The van der Waals surface area contributed by atoms with Crippen LogP contribution in [0, 0.1) is 11.3 Å². The Morgan fingerprint density at radius 1 is 1.05 bits per heavy atom. The van der Waals surface area contributed by atoms with Crippen molar-refractivity contribution in [3.63, 3.8) is 0 Å². The van der Waals surface area contributed by atoms with E-state index in [0.29, 0.717) is 11.4 Å². The number of rotatable bonds is 8. The average Bonchev–Trinajstić information content (AvgIpc) is 3.44. The highest BCUT2D eigenvalue weighted by Crippen LogP contribution is 2.34. The van der Waals surface area contributed by atoms with E-state index in [2.05, 4.69) is 15.7 Å². The minimum absolute atomic E-state index is 0.0750. The van der Waals surface area contributed by atoms with Crippen LogP contribution in [0.15, 0.2) is 59.1 Å². The second-order valence-electron chi connectivity index (χ2n) is 11.8. The summed E-state index contributed by atoms with van der Waals surface area (Å²) in [5.74, 6) is -0.292. The van der Waals surface area contributed by atoms with E-state index in [1.165, 1.54) is 27.7 Å². The molecule has 2 N–H and O–H groups in total. The van der Waals surface area contributed by atoms with Gasteiger partial charge in [-0.15, -0.1) is 0 Å². The Hall–Kier alpha value is -4.12. The highest BCUT2D eigenvalue weighted by Gasteiger charge is 2.36. The van der Waals surface area contributed by atoms with Crippen LogP contribution in [0.1, 0.15) is 58.4 Å². The van der Waals surface area contributed by atoms with Crippen LogP contribution in [0.3, 0.4) is 0 Å². The first-order valence-corrected chi connectivity index (χ1v) is 15.3. The summed E-state index contributed by atoms with van der Waals surface area (Å²) in [7, 11) is 1.81. The van der Waals surface area contributed by atoms with Crippen molar-refractivity contribution in [1.29, 1.82) is 0 Å². The molecule has 0 unspecified atom stereocenters. The molecule has 3 amide bonds. The summed E-state index contributed by atoms with van der Waals surface area (Å²) in [5, 5.41) is 17.3. The molecule has 10 nitrogen and oxygen atoms in total. The number of nitrogens with one attached hydrogen (secondary N) is 2. The molecule has 5 rings (SSSR count). The van der Waals surface area contributed by atoms with Crippen molar-refractivity contribution < 1.29 is 19.1 Å². The van der Waals surface area contributed by atoms with Crippen molar-refractivity contribution in [3.05, 3.63) is 59.6 Å². The van der Waals surface area contributed by atoms with E-state index < -0.39 is 11.4 Å². The first kappa shape index (κ1) is 29.4. The fourth-order valence-corrected chi connectivity index (χ4v) is 5.87. The van der Waals surface area contributed by atoms with E-state index in [1.54, 1.807) is 10.7 Å². The number of benzene rings is 2. The smallest absolute Gasteiger partial charge is 0.345 e. The van der Waals surface area contributed by atoms with Crippen molar-refractivity contribution in [1.82, 2.24) is 10.1 Å². The molecule has 0 atom stereocenters. The van der Waals surface area contributed by atoms with Crippen LogP contribution in [-0.2, 0) is 9.59 Å². The van der Waals surface area contributed by atoms with Gasteiger partial charge < -0.3 is 10.6 Å². The Morgan fingerprint density at radius 2 is 1.81 bits per heavy atom. The average molecular weight is 589 g/mol. The van der Waals surface area contributed by atoms with E-state index in [1.807, 2.05) is 75.8 Å². The molecule has 42 heavy (non-hydrogen) atoms. The number of amides is 3. The summed E-state index contributed by atoms with van der Waals surface area (Å²) >= 11 is 1.47. The van der Waals surface area contributed by atoms with Gasteiger partial charge in [0.25, 0.3) is 10.6 Å². The number of urea groups is 1. The van der Waals surface area contributed by atoms with Crippen LogP contribution in [0.5, 0.6) is 0 Å². The Morgan fingerprint density at radius 3 is 2.52 bits per heavy atom. The molecule has 2 aromatic carbocycles. The maximum atomic E-state index is 14.1. The van der Waals surface area contributed by atoms with Gasteiger partial charge in [-0.3, -0.25) is 14.5 Å². The summed E-state index contributed by atoms with van der Waals surface area (Å²) in [6.45, 7) is 5.14. The van der Waals surface area contributed by atoms with Crippen LogP contribution in [0.25, 0.3) is 5.69 Å². The highest BCUT2D eigenvalue weighted by molar-refractivity contribution is 7.13. The normalized spacial score (nSPS) is 16.0. The second kappa shape index (κ2) is 12.4. The lowest BCUT2D eigenvalue weighted by molar-refractivity contribution is -0.652. The molecule has 220 valence electrons. The van der Waals surface area contributed by atoms with Gasteiger partial charge in [-0.05, 0) is 41.0 Å². The number of nitrogens with zero attached hydrogens (tertiary/aromatic N) is 5. The fourth-order valence-electron chi connectivity index (χ4n) is 5.24. The van der Waals surface area contributed by atoms with E-state index >= 15 is 0 Å². The van der Waals surface area contributed by atoms with E-state index in [4.69, 9.17) is 5.10 Å². The lowest BCUT2D eigenvalue weighted by Gasteiger charge is -2.28. The zero-order chi connectivity index (χ0) is 29.9. The van der Waals surface area contributed by atoms with Gasteiger partial charge in [-0.1, -0.05) is 64.3 Å². The van der Waals surface area contributed by atoms with Crippen molar-refractivity contribution in [3.8, 4) is 5.69 Å². The number of carbonyl (C=O) groups is 3. The molecule has 0 radical (unpaired) electrons. The topological polar surface area (TPSA) is 111 Å².